The maximum absolute atomic E-state index is 13.2. The first-order valence-electron chi connectivity index (χ1n) is 9.25. The predicted molar refractivity (Wildman–Crippen MR) is 93.7 cm³/mol. The van der Waals surface area contributed by atoms with E-state index in [2.05, 4.69) is 18.9 Å². The summed E-state index contributed by atoms with van der Waals surface area (Å²) in [4.78, 5) is 15.2. The summed E-state index contributed by atoms with van der Waals surface area (Å²) < 4.78 is 7.57. The number of nitrogen functional groups attached to an aromatic ring is 1. The van der Waals surface area contributed by atoms with Crippen LogP contribution in [0, 0.1) is 5.41 Å². The van der Waals surface area contributed by atoms with E-state index in [1.807, 2.05) is 4.90 Å². The van der Waals surface area contributed by atoms with Gasteiger partial charge in [-0.15, -0.1) is 0 Å². The lowest BCUT2D eigenvalue weighted by molar-refractivity contribution is -0.156. The van der Waals surface area contributed by atoms with Crippen molar-refractivity contribution in [2.45, 2.75) is 64.5 Å². The lowest BCUT2D eigenvalue weighted by Gasteiger charge is -2.57. The standard InChI is InChI=1S/C18H30N4O2/c1-4-10-22(17(23)13-12-20-21(3)16(13)19)14-11-15(24-5-2)18(14)8-6-7-9-18/h12,14-15H,4-11,19H2,1-3H3/t14-,15-/m0/s1. The highest BCUT2D eigenvalue weighted by molar-refractivity contribution is 5.98. The normalized spacial score (nSPS) is 25.0. The van der Waals surface area contributed by atoms with Crippen molar-refractivity contribution < 1.29 is 9.53 Å². The molecule has 6 heteroatoms. The van der Waals surface area contributed by atoms with Gasteiger partial charge in [0.15, 0.2) is 0 Å². The minimum atomic E-state index is 0.0219. The molecule has 3 rings (SSSR count). The van der Waals surface area contributed by atoms with Crippen LogP contribution in [-0.4, -0.2) is 45.9 Å². The molecule has 0 saturated heterocycles. The summed E-state index contributed by atoms with van der Waals surface area (Å²) in [7, 11) is 1.77. The van der Waals surface area contributed by atoms with Gasteiger partial charge in [0.2, 0.25) is 0 Å². The van der Waals surface area contributed by atoms with Crippen molar-refractivity contribution in [3.8, 4) is 0 Å². The molecule has 0 aromatic carbocycles. The van der Waals surface area contributed by atoms with Crippen molar-refractivity contribution in [2.24, 2.45) is 12.5 Å². The van der Waals surface area contributed by atoms with E-state index < -0.39 is 0 Å². The van der Waals surface area contributed by atoms with Crippen molar-refractivity contribution in [3.63, 3.8) is 0 Å². The zero-order valence-corrected chi connectivity index (χ0v) is 15.1. The third-order valence-electron chi connectivity index (χ3n) is 5.96. The number of hydrogen-bond donors (Lipinski definition) is 1. The SMILES string of the molecule is CCCN(C(=O)c1cnn(C)c1N)[C@H]1C[C@H](OCC)C12CCCC2. The molecule has 1 aromatic heterocycles. The fourth-order valence-electron chi connectivity index (χ4n) is 4.69. The van der Waals surface area contributed by atoms with Gasteiger partial charge in [-0.2, -0.15) is 5.10 Å². The third kappa shape index (κ3) is 2.61. The number of anilines is 1. The Kier molecular flexibility index (Phi) is 4.85. The molecule has 0 radical (unpaired) electrons. The van der Waals surface area contributed by atoms with Crippen LogP contribution in [0.3, 0.4) is 0 Å². The second-order valence-electron chi connectivity index (χ2n) is 7.20. The summed E-state index contributed by atoms with van der Waals surface area (Å²) >= 11 is 0. The maximum atomic E-state index is 13.2. The summed E-state index contributed by atoms with van der Waals surface area (Å²) in [6, 6.07) is 0.267. The van der Waals surface area contributed by atoms with Gasteiger partial charge in [-0.1, -0.05) is 19.8 Å². The van der Waals surface area contributed by atoms with Crippen LogP contribution in [0.1, 0.15) is 62.7 Å². The summed E-state index contributed by atoms with van der Waals surface area (Å²) in [6.45, 7) is 5.68. The summed E-state index contributed by atoms with van der Waals surface area (Å²) in [5, 5.41) is 4.14. The molecule has 1 amide bonds. The van der Waals surface area contributed by atoms with Gasteiger partial charge in [0.1, 0.15) is 11.4 Å². The fraction of sp³-hybridized carbons (Fsp3) is 0.778. The molecule has 2 aliphatic carbocycles. The quantitative estimate of drug-likeness (QED) is 0.868. The number of carbonyl (C=O) groups is 1. The molecule has 2 N–H and O–H groups in total. The number of nitrogens with two attached hydrogens (primary N) is 1. The molecule has 1 heterocycles. The number of nitrogens with zero attached hydrogens (tertiary/aromatic N) is 3. The van der Waals surface area contributed by atoms with Crippen LogP contribution < -0.4 is 5.73 Å². The predicted octanol–water partition coefficient (Wildman–Crippen LogP) is 2.59. The van der Waals surface area contributed by atoms with Crippen LogP contribution >= 0.6 is 0 Å². The van der Waals surface area contributed by atoms with Crippen molar-refractivity contribution in [2.75, 3.05) is 18.9 Å². The second-order valence-corrected chi connectivity index (χ2v) is 7.20. The van der Waals surface area contributed by atoms with E-state index in [4.69, 9.17) is 10.5 Å². The average Bonchev–Trinajstić information content (AvgIpc) is 3.19. The number of rotatable bonds is 6. The van der Waals surface area contributed by atoms with Crippen molar-refractivity contribution in [1.82, 2.24) is 14.7 Å². The monoisotopic (exact) mass is 334 g/mol. The summed E-state index contributed by atoms with van der Waals surface area (Å²) in [6.07, 6.45) is 8.59. The number of ether oxygens (including phenoxy) is 1. The van der Waals surface area contributed by atoms with Gasteiger partial charge in [-0.25, -0.2) is 0 Å². The van der Waals surface area contributed by atoms with Gasteiger partial charge < -0.3 is 15.4 Å². The van der Waals surface area contributed by atoms with Gasteiger partial charge in [-0.3, -0.25) is 9.48 Å². The van der Waals surface area contributed by atoms with Gasteiger partial charge in [-0.05, 0) is 32.6 Å². The molecule has 0 unspecified atom stereocenters. The van der Waals surface area contributed by atoms with Gasteiger partial charge in [0.25, 0.3) is 5.91 Å². The van der Waals surface area contributed by atoms with Crippen LogP contribution in [0.15, 0.2) is 6.20 Å². The second kappa shape index (κ2) is 6.75. The smallest absolute Gasteiger partial charge is 0.259 e. The highest BCUT2D eigenvalue weighted by Gasteiger charge is 2.59. The van der Waals surface area contributed by atoms with E-state index in [1.54, 1.807) is 17.9 Å². The van der Waals surface area contributed by atoms with Gasteiger partial charge >= 0.3 is 0 Å². The molecule has 1 aromatic rings. The molecule has 1 spiro atoms. The minimum Gasteiger partial charge on any atom is -0.383 e. The average molecular weight is 334 g/mol. The third-order valence-corrected chi connectivity index (χ3v) is 5.96. The Balaban J connectivity index is 1.85. The zero-order chi connectivity index (χ0) is 17.3. The van der Waals surface area contributed by atoms with Crippen LogP contribution in [-0.2, 0) is 11.8 Å². The lowest BCUT2D eigenvalue weighted by Crippen LogP contribution is -2.65. The molecule has 2 atom stereocenters. The number of carbonyl (C=O) groups excluding carboxylic acids is 1. The topological polar surface area (TPSA) is 73.4 Å². The number of hydrogen-bond acceptors (Lipinski definition) is 4. The molecule has 6 nitrogen and oxygen atoms in total. The van der Waals surface area contributed by atoms with E-state index in [9.17, 15) is 4.79 Å². The number of aromatic nitrogens is 2. The van der Waals surface area contributed by atoms with Crippen molar-refractivity contribution in [1.29, 1.82) is 0 Å². The lowest BCUT2D eigenvalue weighted by atomic mass is 9.59. The summed E-state index contributed by atoms with van der Waals surface area (Å²) in [5.74, 6) is 0.468. The van der Waals surface area contributed by atoms with Crippen molar-refractivity contribution in [3.05, 3.63) is 11.8 Å². The first-order valence-corrected chi connectivity index (χ1v) is 9.25. The van der Waals surface area contributed by atoms with E-state index >= 15 is 0 Å². The first kappa shape index (κ1) is 17.3. The highest BCUT2D eigenvalue weighted by atomic mass is 16.5. The molecule has 134 valence electrons. The highest BCUT2D eigenvalue weighted by Crippen LogP contribution is 2.56. The molecule has 24 heavy (non-hydrogen) atoms. The molecule has 2 saturated carbocycles. The fourth-order valence-corrected chi connectivity index (χ4v) is 4.69. The maximum Gasteiger partial charge on any atom is 0.259 e. The van der Waals surface area contributed by atoms with Crippen molar-refractivity contribution >= 4 is 11.7 Å². The van der Waals surface area contributed by atoms with Crippen LogP contribution in [0.2, 0.25) is 0 Å². The molecule has 0 aliphatic heterocycles. The molecular weight excluding hydrogens is 304 g/mol. The van der Waals surface area contributed by atoms with E-state index in [1.165, 1.54) is 25.7 Å². The molecule has 0 bridgehead atoms. The Morgan fingerprint density at radius 1 is 1.46 bits per heavy atom. The first-order chi connectivity index (χ1) is 11.5. The Bertz CT molecular complexity index is 592. The van der Waals surface area contributed by atoms with Gasteiger partial charge in [0.05, 0.1) is 12.3 Å². The van der Waals surface area contributed by atoms with E-state index in [0.29, 0.717) is 17.5 Å². The van der Waals surface area contributed by atoms with E-state index in [0.717, 1.165) is 26.0 Å². The molecule has 2 aliphatic rings. The van der Waals surface area contributed by atoms with Gasteiger partial charge in [0, 0.05) is 31.7 Å². The number of amides is 1. The summed E-state index contributed by atoms with van der Waals surface area (Å²) in [5.41, 5.74) is 6.72. The van der Waals surface area contributed by atoms with Crippen LogP contribution in [0.5, 0.6) is 0 Å². The van der Waals surface area contributed by atoms with Crippen LogP contribution in [0.25, 0.3) is 0 Å². The molecular formula is C18H30N4O2. The largest absolute Gasteiger partial charge is 0.383 e. The Morgan fingerprint density at radius 3 is 2.71 bits per heavy atom. The Labute approximate surface area is 144 Å². The minimum absolute atomic E-state index is 0.0219. The Hall–Kier alpha value is -1.56. The molecule has 2 fully saturated rings. The van der Waals surface area contributed by atoms with E-state index in [-0.39, 0.29) is 17.4 Å². The van der Waals surface area contributed by atoms with Crippen LogP contribution in [0.4, 0.5) is 5.82 Å². The zero-order valence-electron chi connectivity index (χ0n) is 15.1. The number of aryl methyl sites for hydroxylation is 1. The Morgan fingerprint density at radius 2 is 2.17 bits per heavy atom.